The van der Waals surface area contributed by atoms with Gasteiger partial charge in [-0.25, -0.2) is 0 Å². The fourth-order valence-electron chi connectivity index (χ4n) is 0.960. The van der Waals surface area contributed by atoms with E-state index < -0.39 is 0 Å². The average molecular weight is 166 g/mol. The van der Waals surface area contributed by atoms with E-state index in [4.69, 9.17) is 10.8 Å². The molecular weight excluding hydrogens is 152 g/mol. The molecule has 0 heterocycles. The lowest BCUT2D eigenvalue weighted by Gasteiger charge is -2.07. The lowest BCUT2D eigenvalue weighted by Crippen LogP contribution is -2.05. The maximum Gasteiger partial charge on any atom is 0.0573 e. The van der Waals surface area contributed by atoms with Gasteiger partial charge in [0.15, 0.2) is 0 Å². The monoisotopic (exact) mass is 166 g/mol. The molecule has 0 amide bonds. The molecule has 0 fully saturated rings. The molecule has 1 aromatic rings. The molecule has 1 rings (SSSR count). The van der Waals surface area contributed by atoms with E-state index in [1.807, 2.05) is 24.3 Å². The summed E-state index contributed by atoms with van der Waals surface area (Å²) < 4.78 is 0. The number of para-hydroxylation sites is 2. The van der Waals surface area contributed by atoms with Crippen LogP contribution < -0.4 is 11.1 Å². The standard InChI is InChI=1S/C9H14N2O/c10-8-4-1-2-5-9(8)11-6-3-7-12/h1-2,4-5,11-12H,3,6-7,10H2. The zero-order chi connectivity index (χ0) is 8.81. The molecule has 0 aliphatic heterocycles. The summed E-state index contributed by atoms with van der Waals surface area (Å²) in [4.78, 5) is 0. The Morgan fingerprint density at radius 1 is 1.33 bits per heavy atom. The van der Waals surface area contributed by atoms with Gasteiger partial charge in [0.05, 0.1) is 11.4 Å². The van der Waals surface area contributed by atoms with Gasteiger partial charge >= 0.3 is 0 Å². The topological polar surface area (TPSA) is 58.3 Å². The highest BCUT2D eigenvalue weighted by Gasteiger charge is 1.94. The van der Waals surface area contributed by atoms with Gasteiger partial charge in [-0.1, -0.05) is 12.1 Å². The molecule has 66 valence electrons. The third-order valence-electron chi connectivity index (χ3n) is 1.61. The van der Waals surface area contributed by atoms with Crippen LogP contribution in [0, 0.1) is 0 Å². The minimum atomic E-state index is 0.208. The normalized spacial score (nSPS) is 9.75. The van der Waals surface area contributed by atoms with E-state index in [0.29, 0.717) is 0 Å². The summed E-state index contributed by atoms with van der Waals surface area (Å²) in [5.74, 6) is 0. The first-order valence-electron chi connectivity index (χ1n) is 4.04. The Labute approximate surface area is 72.2 Å². The van der Waals surface area contributed by atoms with Crippen LogP contribution in [0.15, 0.2) is 24.3 Å². The molecule has 3 heteroatoms. The third-order valence-corrected chi connectivity index (χ3v) is 1.61. The predicted molar refractivity (Wildman–Crippen MR) is 51.0 cm³/mol. The highest BCUT2D eigenvalue weighted by molar-refractivity contribution is 5.65. The number of hydrogen-bond acceptors (Lipinski definition) is 3. The molecule has 0 saturated heterocycles. The Balaban J connectivity index is 2.46. The summed E-state index contributed by atoms with van der Waals surface area (Å²) in [6.45, 7) is 0.963. The molecule has 3 nitrogen and oxygen atoms in total. The molecule has 0 spiro atoms. The first-order valence-corrected chi connectivity index (χ1v) is 4.04. The highest BCUT2D eigenvalue weighted by atomic mass is 16.3. The Kier molecular flexibility index (Phi) is 3.41. The smallest absolute Gasteiger partial charge is 0.0573 e. The van der Waals surface area contributed by atoms with E-state index in [9.17, 15) is 0 Å². The van der Waals surface area contributed by atoms with Gasteiger partial charge in [-0.3, -0.25) is 0 Å². The van der Waals surface area contributed by atoms with Gasteiger partial charge in [-0.2, -0.15) is 0 Å². The maximum atomic E-state index is 8.54. The van der Waals surface area contributed by atoms with Crippen molar-refractivity contribution in [2.75, 3.05) is 24.2 Å². The highest BCUT2D eigenvalue weighted by Crippen LogP contribution is 2.15. The summed E-state index contributed by atoms with van der Waals surface area (Å²) in [6, 6.07) is 7.60. The van der Waals surface area contributed by atoms with E-state index in [0.717, 1.165) is 24.3 Å². The van der Waals surface area contributed by atoms with Crippen LogP contribution in [0.25, 0.3) is 0 Å². The fraction of sp³-hybridized carbons (Fsp3) is 0.333. The van der Waals surface area contributed by atoms with Gasteiger partial charge in [0.25, 0.3) is 0 Å². The van der Waals surface area contributed by atoms with Crippen LogP contribution in [-0.2, 0) is 0 Å². The van der Waals surface area contributed by atoms with Crippen molar-refractivity contribution in [2.24, 2.45) is 0 Å². The molecule has 0 unspecified atom stereocenters. The number of aliphatic hydroxyl groups is 1. The van der Waals surface area contributed by atoms with Crippen molar-refractivity contribution in [3.8, 4) is 0 Å². The molecule has 0 atom stereocenters. The zero-order valence-corrected chi connectivity index (χ0v) is 6.96. The minimum Gasteiger partial charge on any atom is -0.397 e. The van der Waals surface area contributed by atoms with Gasteiger partial charge in [-0.05, 0) is 18.6 Å². The molecule has 0 aromatic heterocycles. The van der Waals surface area contributed by atoms with Crippen molar-refractivity contribution in [3.63, 3.8) is 0 Å². The van der Waals surface area contributed by atoms with Crippen LogP contribution in [0.3, 0.4) is 0 Å². The second-order valence-corrected chi connectivity index (χ2v) is 2.59. The van der Waals surface area contributed by atoms with E-state index in [1.54, 1.807) is 0 Å². The number of aliphatic hydroxyl groups excluding tert-OH is 1. The Bertz CT molecular complexity index is 238. The lowest BCUT2D eigenvalue weighted by atomic mass is 10.2. The maximum absolute atomic E-state index is 8.54. The second kappa shape index (κ2) is 4.62. The second-order valence-electron chi connectivity index (χ2n) is 2.59. The van der Waals surface area contributed by atoms with Crippen molar-refractivity contribution in [3.05, 3.63) is 24.3 Å². The van der Waals surface area contributed by atoms with Gasteiger partial charge in [-0.15, -0.1) is 0 Å². The van der Waals surface area contributed by atoms with E-state index in [1.165, 1.54) is 0 Å². The predicted octanol–water partition coefficient (Wildman–Crippen LogP) is 1.06. The number of hydrogen-bond donors (Lipinski definition) is 3. The number of anilines is 2. The summed E-state index contributed by atoms with van der Waals surface area (Å²) in [7, 11) is 0. The molecule has 0 bridgehead atoms. The number of rotatable bonds is 4. The van der Waals surface area contributed by atoms with Gasteiger partial charge < -0.3 is 16.2 Å². The molecule has 12 heavy (non-hydrogen) atoms. The number of benzene rings is 1. The first kappa shape index (κ1) is 8.87. The van der Waals surface area contributed by atoms with Crippen LogP contribution in [0.5, 0.6) is 0 Å². The molecule has 4 N–H and O–H groups in total. The van der Waals surface area contributed by atoms with Crippen LogP contribution in [-0.4, -0.2) is 18.3 Å². The average Bonchev–Trinajstić information content (AvgIpc) is 2.09. The lowest BCUT2D eigenvalue weighted by molar-refractivity contribution is 0.292. The zero-order valence-electron chi connectivity index (χ0n) is 6.96. The molecule has 0 aliphatic carbocycles. The summed E-state index contributed by atoms with van der Waals surface area (Å²) in [5.41, 5.74) is 7.36. The summed E-state index contributed by atoms with van der Waals surface area (Å²) >= 11 is 0. The minimum absolute atomic E-state index is 0.208. The van der Waals surface area contributed by atoms with Crippen LogP contribution >= 0.6 is 0 Å². The van der Waals surface area contributed by atoms with Crippen molar-refractivity contribution in [1.82, 2.24) is 0 Å². The Morgan fingerprint density at radius 3 is 2.75 bits per heavy atom. The van der Waals surface area contributed by atoms with E-state index in [-0.39, 0.29) is 6.61 Å². The van der Waals surface area contributed by atoms with Crippen molar-refractivity contribution in [1.29, 1.82) is 0 Å². The number of nitrogen functional groups attached to an aromatic ring is 1. The SMILES string of the molecule is Nc1ccccc1NCCCO. The Morgan fingerprint density at radius 2 is 2.08 bits per heavy atom. The van der Waals surface area contributed by atoms with E-state index in [2.05, 4.69) is 5.32 Å². The molecule has 0 aliphatic rings. The van der Waals surface area contributed by atoms with Gasteiger partial charge in [0, 0.05) is 13.2 Å². The van der Waals surface area contributed by atoms with Crippen LogP contribution in [0.4, 0.5) is 11.4 Å². The molecule has 1 aromatic carbocycles. The fourth-order valence-corrected chi connectivity index (χ4v) is 0.960. The van der Waals surface area contributed by atoms with Crippen LogP contribution in [0.2, 0.25) is 0 Å². The van der Waals surface area contributed by atoms with Crippen molar-refractivity contribution < 1.29 is 5.11 Å². The van der Waals surface area contributed by atoms with Crippen molar-refractivity contribution in [2.45, 2.75) is 6.42 Å². The largest absolute Gasteiger partial charge is 0.397 e. The molecule has 0 radical (unpaired) electrons. The quantitative estimate of drug-likeness (QED) is 0.463. The van der Waals surface area contributed by atoms with Crippen molar-refractivity contribution >= 4 is 11.4 Å². The van der Waals surface area contributed by atoms with E-state index >= 15 is 0 Å². The third kappa shape index (κ3) is 2.43. The Hall–Kier alpha value is -1.22. The van der Waals surface area contributed by atoms with Gasteiger partial charge in [0.2, 0.25) is 0 Å². The number of nitrogens with two attached hydrogens (primary N) is 1. The summed E-state index contributed by atoms with van der Waals surface area (Å²) in [6.07, 6.45) is 0.744. The summed E-state index contributed by atoms with van der Waals surface area (Å²) in [5, 5.41) is 11.7. The first-order chi connectivity index (χ1) is 5.84. The number of nitrogens with one attached hydrogen (secondary N) is 1. The van der Waals surface area contributed by atoms with Gasteiger partial charge in [0.1, 0.15) is 0 Å². The van der Waals surface area contributed by atoms with Crippen LogP contribution in [0.1, 0.15) is 6.42 Å². The molecule has 0 saturated carbocycles. The molecular formula is C9H14N2O.